The maximum Gasteiger partial charge on any atom is 0.269 e. The van der Waals surface area contributed by atoms with Gasteiger partial charge in [-0.2, -0.15) is 5.10 Å². The van der Waals surface area contributed by atoms with Gasteiger partial charge in [-0.05, 0) is 31.2 Å². The van der Waals surface area contributed by atoms with E-state index < -0.39 is 10.8 Å². The second-order valence-corrected chi connectivity index (χ2v) is 6.22. The van der Waals surface area contributed by atoms with Crippen molar-refractivity contribution in [3.63, 3.8) is 0 Å². The molecule has 0 spiro atoms. The summed E-state index contributed by atoms with van der Waals surface area (Å²) in [6.45, 7) is 1.77. The molecular weight excluding hydrogens is 392 g/mol. The quantitative estimate of drug-likeness (QED) is 0.467. The van der Waals surface area contributed by atoms with E-state index in [1.807, 2.05) is 0 Å². The minimum absolute atomic E-state index is 0.0364. The van der Waals surface area contributed by atoms with Gasteiger partial charge in [0.05, 0.1) is 37.6 Å². The van der Waals surface area contributed by atoms with E-state index in [4.69, 9.17) is 14.2 Å². The highest BCUT2D eigenvalue weighted by Gasteiger charge is 2.19. The number of nitro benzene ring substituents is 1. The Bertz CT molecular complexity index is 1070. The molecule has 0 aliphatic rings. The molecule has 10 nitrogen and oxygen atoms in total. The molecule has 0 fully saturated rings. The number of amides is 1. The molecule has 156 valence electrons. The maximum atomic E-state index is 12.9. The van der Waals surface area contributed by atoms with Gasteiger partial charge in [-0.25, -0.2) is 4.68 Å². The number of anilines is 1. The van der Waals surface area contributed by atoms with Gasteiger partial charge in [-0.15, -0.1) is 0 Å². The average molecular weight is 412 g/mol. The summed E-state index contributed by atoms with van der Waals surface area (Å²) in [5.74, 6) is 1.06. The number of aryl methyl sites for hydroxylation is 1. The average Bonchev–Trinajstić information content (AvgIpc) is 3.12. The summed E-state index contributed by atoms with van der Waals surface area (Å²) in [6.07, 6.45) is 0. The van der Waals surface area contributed by atoms with E-state index in [0.29, 0.717) is 40.0 Å². The Morgan fingerprint density at radius 1 is 1.03 bits per heavy atom. The van der Waals surface area contributed by atoms with Crippen molar-refractivity contribution in [3.05, 3.63) is 63.8 Å². The lowest BCUT2D eigenvalue weighted by Gasteiger charge is -2.14. The highest BCUT2D eigenvalue weighted by molar-refractivity contribution is 6.04. The molecule has 30 heavy (non-hydrogen) atoms. The van der Waals surface area contributed by atoms with Crippen LogP contribution < -0.4 is 19.5 Å². The topological polar surface area (TPSA) is 118 Å². The van der Waals surface area contributed by atoms with Gasteiger partial charge in [-0.3, -0.25) is 14.9 Å². The standard InChI is InChI=1S/C20H20N4O6/c1-12-9-18(23(22-12)14-5-7-15(8-6-14)24(26)27)21-20(25)13-10-16(28-2)19(30-4)17(11-13)29-3/h5-11H,1-4H3,(H,21,25). The number of methoxy groups -OCH3 is 3. The molecule has 0 bridgehead atoms. The van der Waals surface area contributed by atoms with Crippen LogP contribution in [0.15, 0.2) is 42.5 Å². The second kappa shape index (κ2) is 8.52. The minimum atomic E-state index is -0.481. The lowest BCUT2D eigenvalue weighted by atomic mass is 10.1. The lowest BCUT2D eigenvalue weighted by Crippen LogP contribution is -2.15. The fourth-order valence-corrected chi connectivity index (χ4v) is 2.90. The maximum absolute atomic E-state index is 12.9. The van der Waals surface area contributed by atoms with Crippen LogP contribution >= 0.6 is 0 Å². The molecule has 1 N–H and O–H groups in total. The van der Waals surface area contributed by atoms with Gasteiger partial charge in [0.25, 0.3) is 11.6 Å². The summed E-state index contributed by atoms with van der Waals surface area (Å²) >= 11 is 0. The zero-order chi connectivity index (χ0) is 21.8. The molecule has 0 saturated carbocycles. The molecule has 3 aromatic rings. The van der Waals surface area contributed by atoms with Crippen molar-refractivity contribution in [2.24, 2.45) is 0 Å². The lowest BCUT2D eigenvalue weighted by molar-refractivity contribution is -0.384. The van der Waals surface area contributed by atoms with Crippen LogP contribution in [0.25, 0.3) is 5.69 Å². The Labute approximate surface area is 172 Å². The molecule has 0 aliphatic carbocycles. The van der Waals surface area contributed by atoms with Crippen molar-refractivity contribution in [1.82, 2.24) is 9.78 Å². The summed E-state index contributed by atoms with van der Waals surface area (Å²) in [7, 11) is 4.41. The number of nitro groups is 1. The van der Waals surface area contributed by atoms with Gasteiger partial charge >= 0.3 is 0 Å². The Hall–Kier alpha value is -4.08. The minimum Gasteiger partial charge on any atom is -0.493 e. The van der Waals surface area contributed by atoms with E-state index in [0.717, 1.165) is 0 Å². The third kappa shape index (κ3) is 4.02. The number of rotatable bonds is 7. The largest absolute Gasteiger partial charge is 0.493 e. The van der Waals surface area contributed by atoms with Crippen LogP contribution in [0.5, 0.6) is 17.2 Å². The number of non-ortho nitro benzene ring substituents is 1. The monoisotopic (exact) mass is 412 g/mol. The Balaban J connectivity index is 1.94. The van der Waals surface area contributed by atoms with Crippen molar-refractivity contribution in [1.29, 1.82) is 0 Å². The summed E-state index contributed by atoms with van der Waals surface area (Å²) in [4.78, 5) is 23.3. The summed E-state index contributed by atoms with van der Waals surface area (Å²) in [6, 6.07) is 10.6. The highest BCUT2D eigenvalue weighted by atomic mass is 16.6. The summed E-state index contributed by atoms with van der Waals surface area (Å²) in [5.41, 5.74) is 1.48. The van der Waals surface area contributed by atoms with Gasteiger partial charge in [0.2, 0.25) is 5.75 Å². The molecule has 1 aromatic heterocycles. The first-order valence-electron chi connectivity index (χ1n) is 8.80. The first kappa shape index (κ1) is 20.6. The van der Waals surface area contributed by atoms with Gasteiger partial charge in [0.15, 0.2) is 11.5 Å². The van der Waals surface area contributed by atoms with E-state index >= 15 is 0 Å². The molecule has 1 heterocycles. The molecule has 0 aliphatic heterocycles. The number of hydrogen-bond acceptors (Lipinski definition) is 7. The van der Waals surface area contributed by atoms with Crippen molar-refractivity contribution in [2.45, 2.75) is 6.92 Å². The normalized spacial score (nSPS) is 10.4. The number of benzene rings is 2. The number of carbonyl (C=O) groups is 1. The number of carbonyl (C=O) groups excluding carboxylic acids is 1. The Morgan fingerprint density at radius 2 is 1.63 bits per heavy atom. The highest BCUT2D eigenvalue weighted by Crippen LogP contribution is 2.38. The summed E-state index contributed by atoms with van der Waals surface area (Å²) < 4.78 is 17.3. The number of ether oxygens (including phenoxy) is 3. The van der Waals surface area contributed by atoms with E-state index in [-0.39, 0.29) is 5.69 Å². The predicted molar refractivity (Wildman–Crippen MR) is 109 cm³/mol. The van der Waals surface area contributed by atoms with E-state index in [1.54, 1.807) is 25.1 Å². The smallest absolute Gasteiger partial charge is 0.269 e. The molecule has 0 unspecified atom stereocenters. The molecule has 1 amide bonds. The van der Waals surface area contributed by atoms with Crippen LogP contribution in [-0.4, -0.2) is 41.9 Å². The van der Waals surface area contributed by atoms with Crippen LogP contribution in [0, 0.1) is 17.0 Å². The van der Waals surface area contributed by atoms with Crippen LogP contribution in [0.4, 0.5) is 11.5 Å². The third-order valence-corrected chi connectivity index (χ3v) is 4.31. The van der Waals surface area contributed by atoms with Gasteiger partial charge < -0.3 is 19.5 Å². The van der Waals surface area contributed by atoms with Crippen molar-refractivity contribution < 1.29 is 23.9 Å². The molecule has 0 saturated heterocycles. The predicted octanol–water partition coefficient (Wildman–Crippen LogP) is 3.37. The molecule has 0 atom stereocenters. The van der Waals surface area contributed by atoms with Gasteiger partial charge in [-0.1, -0.05) is 0 Å². The molecule has 3 rings (SSSR count). The molecule has 10 heteroatoms. The van der Waals surface area contributed by atoms with E-state index in [2.05, 4.69) is 10.4 Å². The molecule has 2 aromatic carbocycles. The fraction of sp³-hybridized carbons (Fsp3) is 0.200. The van der Waals surface area contributed by atoms with Crippen LogP contribution in [0.3, 0.4) is 0 Å². The van der Waals surface area contributed by atoms with Crippen LogP contribution in [0.2, 0.25) is 0 Å². The number of nitrogens with one attached hydrogen (secondary N) is 1. The van der Waals surface area contributed by atoms with Gasteiger partial charge in [0, 0.05) is 23.8 Å². The fourth-order valence-electron chi connectivity index (χ4n) is 2.90. The first-order valence-corrected chi connectivity index (χ1v) is 8.80. The summed E-state index contributed by atoms with van der Waals surface area (Å²) in [5, 5.41) is 18.0. The van der Waals surface area contributed by atoms with E-state index in [1.165, 1.54) is 50.3 Å². The zero-order valence-corrected chi connectivity index (χ0v) is 16.8. The first-order chi connectivity index (χ1) is 14.4. The number of aromatic nitrogens is 2. The van der Waals surface area contributed by atoms with Crippen molar-refractivity contribution in [2.75, 3.05) is 26.6 Å². The molecule has 0 radical (unpaired) electrons. The van der Waals surface area contributed by atoms with Crippen LogP contribution in [-0.2, 0) is 0 Å². The van der Waals surface area contributed by atoms with Crippen LogP contribution in [0.1, 0.15) is 16.1 Å². The number of nitrogens with zero attached hydrogens (tertiary/aromatic N) is 3. The second-order valence-electron chi connectivity index (χ2n) is 6.22. The Kier molecular flexibility index (Phi) is 5.86. The van der Waals surface area contributed by atoms with Gasteiger partial charge in [0.1, 0.15) is 5.82 Å². The third-order valence-electron chi connectivity index (χ3n) is 4.31. The van der Waals surface area contributed by atoms with Crippen molar-refractivity contribution >= 4 is 17.4 Å². The SMILES string of the molecule is COc1cc(C(=O)Nc2cc(C)nn2-c2ccc([N+](=O)[O-])cc2)cc(OC)c1OC. The number of hydrogen-bond donors (Lipinski definition) is 1. The molecular formula is C20H20N4O6. The van der Waals surface area contributed by atoms with E-state index in [9.17, 15) is 14.9 Å². The zero-order valence-electron chi connectivity index (χ0n) is 16.8. The Morgan fingerprint density at radius 3 is 2.13 bits per heavy atom. The van der Waals surface area contributed by atoms with Crippen molar-refractivity contribution in [3.8, 4) is 22.9 Å².